The van der Waals surface area contributed by atoms with Crippen molar-refractivity contribution in [2.75, 3.05) is 50.1 Å². The summed E-state index contributed by atoms with van der Waals surface area (Å²) in [6.45, 7) is 3.51. The first kappa shape index (κ1) is 21.9. The minimum atomic E-state index is -0.104. The maximum atomic E-state index is 12.4. The summed E-state index contributed by atoms with van der Waals surface area (Å²) in [5.41, 5.74) is 2.52. The average Bonchev–Trinajstić information content (AvgIpc) is 3.27. The molecule has 4 rings (SSSR count). The van der Waals surface area contributed by atoms with Gasteiger partial charge in [0.2, 0.25) is 5.91 Å². The Balaban J connectivity index is 1.31. The molecule has 31 heavy (non-hydrogen) atoms. The van der Waals surface area contributed by atoms with Gasteiger partial charge in [-0.15, -0.1) is 11.3 Å². The maximum Gasteiger partial charge on any atom is 0.238 e. The van der Waals surface area contributed by atoms with Crippen molar-refractivity contribution >= 4 is 51.3 Å². The van der Waals surface area contributed by atoms with Crippen molar-refractivity contribution in [1.82, 2.24) is 9.88 Å². The van der Waals surface area contributed by atoms with Gasteiger partial charge in [-0.25, -0.2) is 4.98 Å². The van der Waals surface area contributed by atoms with Crippen molar-refractivity contribution in [3.8, 4) is 17.0 Å². The van der Waals surface area contributed by atoms with Crippen LogP contribution in [0.25, 0.3) is 11.3 Å². The number of hydrogen-bond acceptors (Lipinski definition) is 6. The monoisotopic (exact) mass is 476 g/mol. The molecule has 1 amide bonds. The van der Waals surface area contributed by atoms with E-state index in [-0.39, 0.29) is 5.91 Å². The number of ether oxygens (including phenoxy) is 1. The molecule has 6 nitrogen and oxygen atoms in total. The van der Waals surface area contributed by atoms with Gasteiger partial charge in [0.25, 0.3) is 0 Å². The van der Waals surface area contributed by atoms with Gasteiger partial charge < -0.3 is 15.0 Å². The number of methoxy groups -OCH3 is 1. The number of rotatable bonds is 6. The number of anilines is 2. The quantitative estimate of drug-likeness (QED) is 0.548. The normalized spacial score (nSPS) is 14.5. The largest absolute Gasteiger partial charge is 0.497 e. The van der Waals surface area contributed by atoms with E-state index < -0.39 is 0 Å². The fourth-order valence-corrected chi connectivity index (χ4v) is 4.63. The van der Waals surface area contributed by atoms with Crippen molar-refractivity contribution in [2.24, 2.45) is 0 Å². The predicted octanol–water partition coefficient (Wildman–Crippen LogP) is 4.89. The van der Waals surface area contributed by atoms with E-state index in [2.05, 4.69) is 20.5 Å². The van der Waals surface area contributed by atoms with Gasteiger partial charge in [-0.05, 0) is 30.3 Å². The predicted molar refractivity (Wildman–Crippen MR) is 128 cm³/mol. The topological polar surface area (TPSA) is 57.7 Å². The summed E-state index contributed by atoms with van der Waals surface area (Å²) < 4.78 is 5.31. The number of carbonyl (C=O) groups excluding carboxylic acids is 1. The van der Waals surface area contributed by atoms with Gasteiger partial charge in [-0.3, -0.25) is 9.69 Å². The summed E-state index contributed by atoms with van der Waals surface area (Å²) >= 11 is 13.7. The number of benzene rings is 2. The van der Waals surface area contributed by atoms with Crippen LogP contribution >= 0.6 is 34.5 Å². The zero-order chi connectivity index (χ0) is 21.8. The summed E-state index contributed by atoms with van der Waals surface area (Å²) in [6.07, 6.45) is 0. The van der Waals surface area contributed by atoms with Gasteiger partial charge in [-0.2, -0.15) is 0 Å². The molecular weight excluding hydrogens is 455 g/mol. The summed E-state index contributed by atoms with van der Waals surface area (Å²) in [6, 6.07) is 12.9. The molecule has 1 aliphatic heterocycles. The Hall–Kier alpha value is -2.32. The second-order valence-corrected chi connectivity index (χ2v) is 8.86. The first-order valence-corrected chi connectivity index (χ1v) is 11.5. The Kier molecular flexibility index (Phi) is 6.97. The zero-order valence-electron chi connectivity index (χ0n) is 17.0. The van der Waals surface area contributed by atoms with Crippen molar-refractivity contribution in [3.63, 3.8) is 0 Å². The molecule has 0 aliphatic carbocycles. The number of nitrogens with one attached hydrogen (secondary N) is 1. The standard InChI is InChI=1S/C22H22Cl2N4O2S/c1-30-17-4-2-3-15(11-17)20-14-31-22(26-20)28-9-7-27(8-10-28)13-21(29)25-19-12-16(23)5-6-18(19)24/h2-6,11-12,14H,7-10,13H2,1H3,(H,25,29). The first-order valence-electron chi connectivity index (χ1n) is 9.84. The van der Waals surface area contributed by atoms with Crippen LogP contribution in [-0.2, 0) is 4.79 Å². The molecule has 0 unspecified atom stereocenters. The van der Waals surface area contributed by atoms with Gasteiger partial charge in [0, 0.05) is 42.1 Å². The highest BCUT2D eigenvalue weighted by atomic mass is 35.5. The fraction of sp³-hybridized carbons (Fsp3) is 0.273. The van der Waals surface area contributed by atoms with Crippen molar-refractivity contribution in [3.05, 3.63) is 57.9 Å². The molecule has 1 N–H and O–H groups in total. The number of aromatic nitrogens is 1. The van der Waals surface area contributed by atoms with Crippen LogP contribution in [0.15, 0.2) is 47.8 Å². The Morgan fingerprint density at radius 1 is 1.16 bits per heavy atom. The minimum Gasteiger partial charge on any atom is -0.497 e. The second-order valence-electron chi connectivity index (χ2n) is 7.18. The van der Waals surface area contributed by atoms with Crippen LogP contribution in [0.2, 0.25) is 10.0 Å². The van der Waals surface area contributed by atoms with E-state index in [9.17, 15) is 4.79 Å². The van der Waals surface area contributed by atoms with Gasteiger partial charge in [0.05, 0.1) is 30.1 Å². The van der Waals surface area contributed by atoms with Gasteiger partial charge >= 0.3 is 0 Å². The Labute approximate surface area is 195 Å². The molecule has 2 aromatic carbocycles. The number of carbonyl (C=O) groups is 1. The molecule has 1 fully saturated rings. The SMILES string of the molecule is COc1cccc(-c2csc(N3CCN(CC(=O)Nc4cc(Cl)ccc4Cl)CC3)n2)c1. The second kappa shape index (κ2) is 9.87. The van der Waals surface area contributed by atoms with Gasteiger partial charge in [0.1, 0.15) is 5.75 Å². The molecule has 162 valence electrons. The molecule has 3 aromatic rings. The van der Waals surface area contributed by atoms with Crippen molar-refractivity contribution < 1.29 is 9.53 Å². The van der Waals surface area contributed by atoms with E-state index >= 15 is 0 Å². The van der Waals surface area contributed by atoms with Crippen LogP contribution in [0.1, 0.15) is 0 Å². The fourth-order valence-electron chi connectivity index (χ4n) is 3.41. The summed E-state index contributed by atoms with van der Waals surface area (Å²) in [5.74, 6) is 0.713. The third-order valence-corrected chi connectivity index (χ3v) is 6.54. The highest BCUT2D eigenvalue weighted by Gasteiger charge is 2.21. The van der Waals surface area contributed by atoms with Crippen molar-refractivity contribution in [2.45, 2.75) is 0 Å². The van der Waals surface area contributed by atoms with Crippen LogP contribution in [0, 0.1) is 0 Å². The molecule has 9 heteroatoms. The van der Waals surface area contributed by atoms with Crippen LogP contribution in [0.4, 0.5) is 10.8 Å². The van der Waals surface area contributed by atoms with E-state index in [0.717, 1.165) is 48.3 Å². The van der Waals surface area contributed by atoms with E-state index in [1.807, 2.05) is 24.3 Å². The number of nitrogens with zero attached hydrogens (tertiary/aromatic N) is 3. The molecule has 2 heterocycles. The van der Waals surface area contributed by atoms with Gasteiger partial charge in [0.15, 0.2) is 5.13 Å². The summed E-state index contributed by atoms with van der Waals surface area (Å²) in [7, 11) is 1.66. The molecule has 0 bridgehead atoms. The molecule has 1 aliphatic rings. The van der Waals surface area contributed by atoms with E-state index in [1.54, 1.807) is 36.6 Å². The molecular formula is C22H22Cl2N4O2S. The lowest BCUT2D eigenvalue weighted by Crippen LogP contribution is -2.48. The van der Waals surface area contributed by atoms with Crippen LogP contribution in [0.5, 0.6) is 5.75 Å². The Morgan fingerprint density at radius 2 is 1.97 bits per heavy atom. The molecule has 0 spiro atoms. The van der Waals surface area contributed by atoms with E-state index in [1.165, 1.54) is 0 Å². The molecule has 1 saturated heterocycles. The molecule has 1 aromatic heterocycles. The minimum absolute atomic E-state index is 0.104. The third-order valence-electron chi connectivity index (χ3n) is 5.07. The lowest BCUT2D eigenvalue weighted by Gasteiger charge is -2.34. The molecule has 0 atom stereocenters. The van der Waals surface area contributed by atoms with Crippen LogP contribution in [0.3, 0.4) is 0 Å². The lowest BCUT2D eigenvalue weighted by molar-refractivity contribution is -0.117. The number of amides is 1. The number of piperazine rings is 1. The smallest absolute Gasteiger partial charge is 0.238 e. The summed E-state index contributed by atoms with van der Waals surface area (Å²) in [4.78, 5) is 21.6. The number of hydrogen-bond donors (Lipinski definition) is 1. The maximum absolute atomic E-state index is 12.4. The zero-order valence-corrected chi connectivity index (χ0v) is 19.3. The molecule has 0 saturated carbocycles. The highest BCUT2D eigenvalue weighted by Crippen LogP contribution is 2.30. The Morgan fingerprint density at radius 3 is 2.74 bits per heavy atom. The van der Waals surface area contributed by atoms with Gasteiger partial charge in [-0.1, -0.05) is 35.3 Å². The third kappa shape index (κ3) is 5.49. The highest BCUT2D eigenvalue weighted by molar-refractivity contribution is 7.14. The number of thiazole rings is 1. The van der Waals surface area contributed by atoms with Crippen molar-refractivity contribution in [1.29, 1.82) is 0 Å². The first-order chi connectivity index (χ1) is 15.0. The van der Waals surface area contributed by atoms with E-state index in [4.69, 9.17) is 32.9 Å². The van der Waals surface area contributed by atoms with E-state index in [0.29, 0.717) is 22.3 Å². The molecule has 0 radical (unpaired) electrons. The van der Waals surface area contributed by atoms with Crippen LogP contribution < -0.4 is 15.0 Å². The average molecular weight is 477 g/mol. The Bertz CT molecular complexity index is 1070. The summed E-state index contributed by atoms with van der Waals surface area (Å²) in [5, 5.41) is 6.91. The lowest BCUT2D eigenvalue weighted by atomic mass is 10.2. The van der Waals surface area contributed by atoms with Crippen LogP contribution in [-0.4, -0.2) is 55.6 Å². The number of halogens is 2.